The van der Waals surface area contributed by atoms with E-state index in [4.69, 9.17) is 11.6 Å². The zero-order chi connectivity index (χ0) is 14.8. The fourth-order valence-corrected chi connectivity index (χ4v) is 3.05. The van der Waals surface area contributed by atoms with Crippen molar-refractivity contribution in [2.45, 2.75) is 19.9 Å². The molecule has 20 heavy (non-hydrogen) atoms. The third kappa shape index (κ3) is 3.31. The predicted molar refractivity (Wildman–Crippen MR) is 79.5 cm³/mol. The van der Waals surface area contributed by atoms with E-state index in [1.54, 1.807) is 12.1 Å². The first-order valence-electron chi connectivity index (χ1n) is 6.96. The highest BCUT2D eigenvalue weighted by molar-refractivity contribution is 6.30. The Morgan fingerprint density at radius 1 is 1.40 bits per heavy atom. The van der Waals surface area contributed by atoms with Crippen LogP contribution in [0.15, 0.2) is 18.2 Å². The van der Waals surface area contributed by atoms with Gasteiger partial charge in [-0.2, -0.15) is 0 Å². The van der Waals surface area contributed by atoms with Crippen molar-refractivity contribution in [2.75, 3.05) is 32.8 Å². The largest absolute Gasteiger partial charge is 0.396 e. The van der Waals surface area contributed by atoms with E-state index in [0.29, 0.717) is 0 Å². The molecule has 1 aromatic rings. The summed E-state index contributed by atoms with van der Waals surface area (Å²) < 4.78 is 13.4. The summed E-state index contributed by atoms with van der Waals surface area (Å²) in [6.45, 7) is 7.77. The highest BCUT2D eigenvalue weighted by Gasteiger charge is 2.35. The molecule has 2 rings (SSSR count). The monoisotopic (exact) mass is 300 g/mol. The Morgan fingerprint density at radius 3 is 2.60 bits per heavy atom. The molecule has 112 valence electrons. The second-order valence-corrected chi connectivity index (χ2v) is 6.42. The molecule has 0 aliphatic carbocycles. The number of hydrogen-bond acceptors (Lipinski definition) is 3. The molecule has 0 spiro atoms. The van der Waals surface area contributed by atoms with Gasteiger partial charge in [0.25, 0.3) is 0 Å². The van der Waals surface area contributed by atoms with E-state index in [1.807, 2.05) is 13.8 Å². The van der Waals surface area contributed by atoms with Crippen LogP contribution < -0.4 is 5.32 Å². The number of nitrogens with one attached hydrogen (secondary N) is 1. The summed E-state index contributed by atoms with van der Waals surface area (Å²) in [5, 5.41) is 13.2. The van der Waals surface area contributed by atoms with Gasteiger partial charge in [-0.1, -0.05) is 31.5 Å². The number of aliphatic hydroxyl groups excluding tert-OH is 1. The maximum atomic E-state index is 13.4. The fourth-order valence-electron chi connectivity index (χ4n) is 2.87. The summed E-state index contributed by atoms with van der Waals surface area (Å²) >= 11 is 5.92. The highest BCUT2D eigenvalue weighted by atomic mass is 35.5. The Hall–Kier alpha value is -0.680. The van der Waals surface area contributed by atoms with E-state index in [1.165, 1.54) is 6.07 Å². The molecule has 1 aliphatic heterocycles. The summed E-state index contributed by atoms with van der Waals surface area (Å²) in [4.78, 5) is 2.33. The van der Waals surface area contributed by atoms with E-state index < -0.39 is 5.82 Å². The number of rotatable bonds is 4. The first-order chi connectivity index (χ1) is 9.45. The molecule has 0 bridgehead atoms. The minimum atomic E-state index is -0.406. The van der Waals surface area contributed by atoms with Crippen LogP contribution in [0.2, 0.25) is 5.02 Å². The Bertz CT molecular complexity index is 461. The van der Waals surface area contributed by atoms with Crippen LogP contribution in [-0.2, 0) is 0 Å². The van der Waals surface area contributed by atoms with Crippen molar-refractivity contribution in [3.05, 3.63) is 34.6 Å². The van der Waals surface area contributed by atoms with Gasteiger partial charge in [-0.3, -0.25) is 4.90 Å². The maximum absolute atomic E-state index is 13.4. The van der Waals surface area contributed by atoms with Gasteiger partial charge in [-0.05, 0) is 17.7 Å². The minimum absolute atomic E-state index is 0.0210. The molecule has 1 aliphatic rings. The third-order valence-electron chi connectivity index (χ3n) is 3.92. The number of hydrogen-bond donors (Lipinski definition) is 2. The molecule has 0 radical (unpaired) electrons. The van der Waals surface area contributed by atoms with E-state index >= 15 is 0 Å². The normalized spacial score (nSPS) is 19.1. The second-order valence-electron chi connectivity index (χ2n) is 6.01. The zero-order valence-corrected chi connectivity index (χ0v) is 12.8. The van der Waals surface area contributed by atoms with Gasteiger partial charge in [0.05, 0.1) is 5.02 Å². The smallest absolute Gasteiger partial charge is 0.141 e. The molecule has 1 saturated heterocycles. The summed E-state index contributed by atoms with van der Waals surface area (Å²) in [7, 11) is 0. The van der Waals surface area contributed by atoms with Crippen LogP contribution in [0.3, 0.4) is 0 Å². The molecule has 1 atom stereocenters. The van der Waals surface area contributed by atoms with Crippen LogP contribution in [0.4, 0.5) is 4.39 Å². The molecule has 1 aromatic carbocycles. The lowest BCUT2D eigenvalue weighted by molar-refractivity contribution is 0.0305. The quantitative estimate of drug-likeness (QED) is 0.896. The van der Waals surface area contributed by atoms with Gasteiger partial charge in [0.1, 0.15) is 5.82 Å². The third-order valence-corrected chi connectivity index (χ3v) is 4.21. The van der Waals surface area contributed by atoms with Gasteiger partial charge < -0.3 is 10.4 Å². The van der Waals surface area contributed by atoms with E-state index in [2.05, 4.69) is 10.2 Å². The molecular formula is C15H22ClFN2O. The summed E-state index contributed by atoms with van der Waals surface area (Å²) in [6, 6.07) is 4.87. The molecule has 3 nitrogen and oxygen atoms in total. The molecule has 0 unspecified atom stereocenters. The van der Waals surface area contributed by atoms with Gasteiger partial charge in [0.2, 0.25) is 0 Å². The molecule has 0 aromatic heterocycles. The second kappa shape index (κ2) is 6.39. The average Bonchev–Trinajstić information content (AvgIpc) is 2.44. The van der Waals surface area contributed by atoms with Gasteiger partial charge in [-0.25, -0.2) is 4.39 Å². The zero-order valence-electron chi connectivity index (χ0n) is 12.0. The molecule has 1 heterocycles. The van der Waals surface area contributed by atoms with Crippen molar-refractivity contribution in [3.63, 3.8) is 0 Å². The van der Waals surface area contributed by atoms with Crippen LogP contribution in [0, 0.1) is 11.2 Å². The number of aliphatic hydroxyl groups is 1. The van der Waals surface area contributed by atoms with Crippen molar-refractivity contribution < 1.29 is 9.50 Å². The Morgan fingerprint density at radius 2 is 2.05 bits per heavy atom. The lowest BCUT2D eigenvalue weighted by Gasteiger charge is -2.43. The lowest BCUT2D eigenvalue weighted by atomic mass is 9.79. The molecule has 5 heteroatoms. The van der Waals surface area contributed by atoms with Gasteiger partial charge in [-0.15, -0.1) is 0 Å². The van der Waals surface area contributed by atoms with Crippen molar-refractivity contribution in [1.29, 1.82) is 0 Å². The van der Waals surface area contributed by atoms with Gasteiger partial charge in [0.15, 0.2) is 0 Å². The topological polar surface area (TPSA) is 35.5 Å². The predicted octanol–water partition coefficient (Wildman–Crippen LogP) is 2.44. The molecule has 0 amide bonds. The van der Waals surface area contributed by atoms with Crippen LogP contribution in [0.25, 0.3) is 0 Å². The Balaban J connectivity index is 2.36. The molecular weight excluding hydrogens is 279 g/mol. The summed E-state index contributed by atoms with van der Waals surface area (Å²) in [5.74, 6) is -0.406. The number of halogens is 2. The van der Waals surface area contributed by atoms with E-state index in [9.17, 15) is 9.50 Å². The van der Waals surface area contributed by atoms with E-state index in [0.717, 1.165) is 31.7 Å². The molecule has 2 N–H and O–H groups in total. The number of benzene rings is 1. The lowest BCUT2D eigenvalue weighted by Crippen LogP contribution is -2.49. The summed E-state index contributed by atoms with van der Waals surface area (Å²) in [6.07, 6.45) is 0. The molecule has 0 saturated carbocycles. The SMILES string of the molecule is CC(C)(CO)[C@H](c1ccc(F)c(Cl)c1)N1CCNCC1. The first-order valence-corrected chi connectivity index (χ1v) is 7.34. The van der Waals surface area contributed by atoms with Crippen molar-refractivity contribution in [2.24, 2.45) is 5.41 Å². The first kappa shape index (κ1) is 15.7. The van der Waals surface area contributed by atoms with Crippen molar-refractivity contribution >= 4 is 11.6 Å². The molecule has 1 fully saturated rings. The van der Waals surface area contributed by atoms with Gasteiger partial charge in [0, 0.05) is 44.2 Å². The summed E-state index contributed by atoms with van der Waals surface area (Å²) in [5.41, 5.74) is 0.635. The average molecular weight is 301 g/mol. The Labute approximate surface area is 124 Å². The van der Waals surface area contributed by atoms with Gasteiger partial charge >= 0.3 is 0 Å². The fraction of sp³-hybridized carbons (Fsp3) is 0.600. The van der Waals surface area contributed by atoms with Crippen molar-refractivity contribution in [3.8, 4) is 0 Å². The van der Waals surface area contributed by atoms with Crippen molar-refractivity contribution in [1.82, 2.24) is 10.2 Å². The maximum Gasteiger partial charge on any atom is 0.141 e. The van der Waals surface area contributed by atoms with Crippen LogP contribution in [0.1, 0.15) is 25.5 Å². The number of piperazine rings is 1. The van der Waals surface area contributed by atoms with Crippen LogP contribution >= 0.6 is 11.6 Å². The standard InChI is InChI=1S/C15H22ClFN2O/c1-15(2,10-20)14(19-7-5-18-6-8-19)11-3-4-13(17)12(16)9-11/h3-4,9,14,18,20H,5-8,10H2,1-2H3/t14-/m0/s1. The highest BCUT2D eigenvalue weighted by Crippen LogP contribution is 2.39. The van der Waals surface area contributed by atoms with E-state index in [-0.39, 0.29) is 23.1 Å². The Kier molecular flexibility index (Phi) is 5.02. The van der Waals surface area contributed by atoms with Crippen LogP contribution in [0.5, 0.6) is 0 Å². The van der Waals surface area contributed by atoms with Crippen LogP contribution in [-0.4, -0.2) is 42.8 Å². The number of nitrogens with zero attached hydrogens (tertiary/aromatic N) is 1. The minimum Gasteiger partial charge on any atom is -0.396 e.